The van der Waals surface area contributed by atoms with Crippen molar-refractivity contribution < 1.29 is 0 Å². The third-order valence-electron chi connectivity index (χ3n) is 2.44. The zero-order valence-electron chi connectivity index (χ0n) is 9.51. The molecule has 0 bridgehead atoms. The summed E-state index contributed by atoms with van der Waals surface area (Å²) in [5.41, 5.74) is 2.87. The molecule has 1 aliphatic rings. The van der Waals surface area contributed by atoms with Gasteiger partial charge in [-0.15, -0.1) is 6.58 Å². The van der Waals surface area contributed by atoms with E-state index >= 15 is 0 Å². The first-order valence-electron chi connectivity index (χ1n) is 5.22. The largest absolute Gasteiger partial charge is 0.100 e. The van der Waals surface area contributed by atoms with Gasteiger partial charge in [-0.05, 0) is 30.8 Å². The molecule has 0 spiro atoms. The average molecular weight is 188 g/mol. The van der Waals surface area contributed by atoms with Crippen LogP contribution in [-0.4, -0.2) is 0 Å². The van der Waals surface area contributed by atoms with Crippen molar-refractivity contribution in [2.75, 3.05) is 0 Å². The van der Waals surface area contributed by atoms with E-state index < -0.39 is 0 Å². The van der Waals surface area contributed by atoms with Crippen LogP contribution in [-0.2, 0) is 0 Å². The van der Waals surface area contributed by atoms with Crippen LogP contribution < -0.4 is 0 Å². The fraction of sp³-hybridized carbons (Fsp3) is 0.429. The molecule has 0 saturated heterocycles. The van der Waals surface area contributed by atoms with Gasteiger partial charge in [0.25, 0.3) is 0 Å². The predicted octanol–water partition coefficient (Wildman–Crippen LogP) is 4.42. The molecule has 0 amide bonds. The minimum absolute atomic E-state index is 0.271. The SMILES string of the molecule is C=C(C)CCC(C)(C)C=C1C=CC=C1. The lowest BCUT2D eigenvalue weighted by Crippen LogP contribution is -2.07. The lowest BCUT2D eigenvalue weighted by molar-refractivity contribution is 0.436. The Labute approximate surface area is 87.7 Å². The van der Waals surface area contributed by atoms with Crippen molar-refractivity contribution in [1.82, 2.24) is 0 Å². The molecule has 14 heavy (non-hydrogen) atoms. The van der Waals surface area contributed by atoms with Crippen molar-refractivity contribution in [3.63, 3.8) is 0 Å². The molecular weight excluding hydrogens is 168 g/mol. The second kappa shape index (κ2) is 4.45. The molecule has 0 radical (unpaired) electrons. The van der Waals surface area contributed by atoms with Gasteiger partial charge in [0.15, 0.2) is 0 Å². The van der Waals surface area contributed by atoms with Gasteiger partial charge in [0.2, 0.25) is 0 Å². The van der Waals surface area contributed by atoms with Crippen LogP contribution in [0.1, 0.15) is 33.6 Å². The van der Waals surface area contributed by atoms with Gasteiger partial charge in [-0.2, -0.15) is 0 Å². The van der Waals surface area contributed by atoms with Crippen LogP contribution in [0.25, 0.3) is 0 Å². The summed E-state index contributed by atoms with van der Waals surface area (Å²) in [7, 11) is 0. The van der Waals surface area contributed by atoms with Gasteiger partial charge in [0.1, 0.15) is 0 Å². The van der Waals surface area contributed by atoms with E-state index in [4.69, 9.17) is 0 Å². The van der Waals surface area contributed by atoms with E-state index in [1.54, 1.807) is 0 Å². The van der Waals surface area contributed by atoms with Crippen molar-refractivity contribution in [2.45, 2.75) is 33.6 Å². The fourth-order valence-corrected chi connectivity index (χ4v) is 1.54. The van der Waals surface area contributed by atoms with Crippen molar-refractivity contribution in [3.8, 4) is 0 Å². The van der Waals surface area contributed by atoms with E-state index in [2.05, 4.69) is 57.7 Å². The third kappa shape index (κ3) is 3.78. The molecule has 0 unspecified atom stereocenters. The first kappa shape index (κ1) is 11.0. The van der Waals surface area contributed by atoms with Gasteiger partial charge in [0, 0.05) is 0 Å². The van der Waals surface area contributed by atoms with E-state index in [1.807, 2.05) is 0 Å². The van der Waals surface area contributed by atoms with E-state index in [9.17, 15) is 0 Å². The minimum atomic E-state index is 0.271. The standard InChI is InChI=1S/C14H20/c1-12(2)9-10-14(3,4)11-13-7-5-6-8-13/h5-8,11H,1,9-10H2,2-4H3. The van der Waals surface area contributed by atoms with E-state index in [0.29, 0.717) is 0 Å². The Kier molecular flexibility index (Phi) is 3.51. The Hall–Kier alpha value is -1.04. The van der Waals surface area contributed by atoms with Crippen LogP contribution in [0, 0.1) is 5.41 Å². The molecule has 0 aromatic rings. The molecule has 1 aliphatic carbocycles. The van der Waals surface area contributed by atoms with E-state index in [-0.39, 0.29) is 5.41 Å². The Morgan fingerprint density at radius 2 is 1.93 bits per heavy atom. The second-order valence-electron chi connectivity index (χ2n) is 4.81. The Balaban J connectivity index is 2.56. The summed E-state index contributed by atoms with van der Waals surface area (Å²) in [5, 5.41) is 0. The Bertz CT molecular complexity index is 284. The summed E-state index contributed by atoms with van der Waals surface area (Å²) in [6.45, 7) is 10.6. The minimum Gasteiger partial charge on any atom is -0.100 e. The second-order valence-corrected chi connectivity index (χ2v) is 4.81. The average Bonchev–Trinajstić information content (AvgIpc) is 2.53. The monoisotopic (exact) mass is 188 g/mol. The van der Waals surface area contributed by atoms with Gasteiger partial charge < -0.3 is 0 Å². The lowest BCUT2D eigenvalue weighted by Gasteiger charge is -2.20. The summed E-state index contributed by atoms with van der Waals surface area (Å²) >= 11 is 0. The Morgan fingerprint density at radius 3 is 2.43 bits per heavy atom. The quantitative estimate of drug-likeness (QED) is 0.573. The summed E-state index contributed by atoms with van der Waals surface area (Å²) in [5.74, 6) is 0. The van der Waals surface area contributed by atoms with E-state index in [1.165, 1.54) is 17.6 Å². The van der Waals surface area contributed by atoms with Crippen LogP contribution in [0.5, 0.6) is 0 Å². The van der Waals surface area contributed by atoms with Gasteiger partial charge in [-0.1, -0.05) is 49.8 Å². The highest BCUT2D eigenvalue weighted by molar-refractivity contribution is 5.40. The molecule has 1 rings (SSSR count). The summed E-state index contributed by atoms with van der Waals surface area (Å²) < 4.78 is 0. The van der Waals surface area contributed by atoms with Crippen LogP contribution in [0.2, 0.25) is 0 Å². The van der Waals surface area contributed by atoms with Gasteiger partial charge in [-0.3, -0.25) is 0 Å². The van der Waals surface area contributed by atoms with Gasteiger partial charge >= 0.3 is 0 Å². The molecule has 0 aromatic carbocycles. The molecule has 0 heteroatoms. The van der Waals surface area contributed by atoms with Crippen molar-refractivity contribution >= 4 is 0 Å². The molecule has 0 aromatic heterocycles. The molecule has 0 nitrogen and oxygen atoms in total. The highest BCUT2D eigenvalue weighted by Crippen LogP contribution is 2.28. The molecule has 0 fully saturated rings. The third-order valence-corrected chi connectivity index (χ3v) is 2.44. The topological polar surface area (TPSA) is 0 Å². The number of hydrogen-bond donors (Lipinski definition) is 0. The highest BCUT2D eigenvalue weighted by Gasteiger charge is 2.14. The molecular formula is C14H20. The van der Waals surface area contributed by atoms with Gasteiger partial charge in [-0.25, -0.2) is 0 Å². The molecule has 0 aliphatic heterocycles. The number of rotatable bonds is 4. The van der Waals surface area contributed by atoms with Crippen LogP contribution in [0.4, 0.5) is 0 Å². The Morgan fingerprint density at radius 1 is 1.36 bits per heavy atom. The molecule has 0 heterocycles. The zero-order valence-corrected chi connectivity index (χ0v) is 9.51. The van der Waals surface area contributed by atoms with Crippen molar-refractivity contribution in [3.05, 3.63) is 48.1 Å². The first-order valence-corrected chi connectivity index (χ1v) is 5.22. The molecule has 76 valence electrons. The predicted molar refractivity (Wildman–Crippen MR) is 64.2 cm³/mol. The fourth-order valence-electron chi connectivity index (χ4n) is 1.54. The normalized spacial score (nSPS) is 14.9. The lowest BCUT2D eigenvalue weighted by atomic mass is 9.85. The van der Waals surface area contributed by atoms with Crippen molar-refractivity contribution in [2.24, 2.45) is 5.41 Å². The first-order chi connectivity index (χ1) is 6.49. The molecule has 0 N–H and O–H groups in total. The van der Waals surface area contributed by atoms with Gasteiger partial charge in [0.05, 0.1) is 0 Å². The van der Waals surface area contributed by atoms with Crippen LogP contribution in [0.3, 0.4) is 0 Å². The van der Waals surface area contributed by atoms with Crippen molar-refractivity contribution in [1.29, 1.82) is 0 Å². The summed E-state index contributed by atoms with van der Waals surface area (Å²) in [6, 6.07) is 0. The summed E-state index contributed by atoms with van der Waals surface area (Å²) in [6.07, 6.45) is 13.1. The molecule has 0 atom stereocenters. The smallest absolute Gasteiger partial charge is 0.0163 e. The number of hydrogen-bond acceptors (Lipinski definition) is 0. The van der Waals surface area contributed by atoms with E-state index in [0.717, 1.165) is 6.42 Å². The highest BCUT2D eigenvalue weighted by atomic mass is 14.2. The molecule has 0 saturated carbocycles. The maximum absolute atomic E-state index is 3.94. The maximum atomic E-state index is 3.94. The van der Waals surface area contributed by atoms with Crippen LogP contribution in [0.15, 0.2) is 48.1 Å². The zero-order chi connectivity index (χ0) is 10.6. The number of allylic oxidation sites excluding steroid dienone is 7. The maximum Gasteiger partial charge on any atom is -0.0163 e. The summed E-state index contributed by atoms with van der Waals surface area (Å²) in [4.78, 5) is 0. The van der Waals surface area contributed by atoms with Crippen LogP contribution >= 0.6 is 0 Å².